The molecule has 1 saturated heterocycles. The molecule has 0 saturated carbocycles. The van der Waals surface area contributed by atoms with E-state index in [1.54, 1.807) is 6.20 Å². The Morgan fingerprint density at radius 2 is 1.76 bits per heavy atom. The number of aromatic hydroxyl groups is 1. The molecule has 1 N–H and O–H groups in total. The third-order valence-corrected chi connectivity index (χ3v) is 4.43. The van der Waals surface area contributed by atoms with Gasteiger partial charge in [-0.3, -0.25) is 4.90 Å². The summed E-state index contributed by atoms with van der Waals surface area (Å²) in [5, 5.41) is 10.0. The van der Waals surface area contributed by atoms with E-state index in [0.29, 0.717) is 4.60 Å². The highest BCUT2D eigenvalue weighted by molar-refractivity contribution is 9.10. The molecular weight excluding hydrogens is 330 g/mol. The number of aromatic nitrogens is 1. The quantitative estimate of drug-likeness (QED) is 0.866. The smallest absolute Gasteiger partial charge is 0.152 e. The standard InChI is InChI=1S/C16H18BrN3O/c17-16-15(21)13(6-7-18-16)12-19-8-10-20(11-9-19)14-4-2-1-3-5-14/h1-7,21H,8-12H2. The molecule has 1 aliphatic rings. The number of halogens is 1. The van der Waals surface area contributed by atoms with Crippen molar-refractivity contribution < 1.29 is 5.11 Å². The van der Waals surface area contributed by atoms with Gasteiger partial charge >= 0.3 is 0 Å². The van der Waals surface area contributed by atoms with E-state index in [1.165, 1.54) is 5.69 Å². The summed E-state index contributed by atoms with van der Waals surface area (Å²) in [5.74, 6) is 0.253. The molecule has 0 amide bonds. The maximum Gasteiger partial charge on any atom is 0.152 e. The number of nitrogens with zero attached hydrogens (tertiary/aromatic N) is 3. The lowest BCUT2D eigenvalue weighted by Crippen LogP contribution is -2.45. The van der Waals surface area contributed by atoms with Crippen LogP contribution in [0.25, 0.3) is 0 Å². The van der Waals surface area contributed by atoms with Crippen LogP contribution in [0.1, 0.15) is 5.56 Å². The fourth-order valence-corrected chi connectivity index (χ4v) is 3.01. The number of anilines is 1. The van der Waals surface area contributed by atoms with Gasteiger partial charge in [-0.1, -0.05) is 18.2 Å². The van der Waals surface area contributed by atoms with Gasteiger partial charge < -0.3 is 10.0 Å². The van der Waals surface area contributed by atoms with Crippen LogP contribution in [0.3, 0.4) is 0 Å². The Balaban J connectivity index is 1.60. The Kier molecular flexibility index (Phi) is 4.41. The van der Waals surface area contributed by atoms with Crippen LogP contribution in [0.2, 0.25) is 0 Å². The molecule has 4 nitrogen and oxygen atoms in total. The zero-order valence-electron chi connectivity index (χ0n) is 11.7. The molecule has 2 heterocycles. The van der Waals surface area contributed by atoms with Crippen molar-refractivity contribution >= 4 is 21.6 Å². The van der Waals surface area contributed by atoms with E-state index >= 15 is 0 Å². The predicted octanol–water partition coefficient (Wildman–Crippen LogP) is 2.87. The summed E-state index contributed by atoms with van der Waals surface area (Å²) in [6, 6.07) is 12.4. The first-order chi connectivity index (χ1) is 10.2. The number of para-hydroxylation sites is 1. The van der Waals surface area contributed by atoms with Crippen LogP contribution < -0.4 is 4.90 Å². The second kappa shape index (κ2) is 6.45. The first kappa shape index (κ1) is 14.4. The summed E-state index contributed by atoms with van der Waals surface area (Å²) >= 11 is 3.26. The van der Waals surface area contributed by atoms with Crippen LogP contribution in [-0.4, -0.2) is 41.2 Å². The van der Waals surface area contributed by atoms with Gasteiger partial charge in [0.15, 0.2) is 5.75 Å². The maximum atomic E-state index is 10.0. The van der Waals surface area contributed by atoms with Crippen molar-refractivity contribution in [2.24, 2.45) is 0 Å². The minimum Gasteiger partial charge on any atom is -0.505 e. The Bertz CT molecular complexity index is 598. The maximum absolute atomic E-state index is 10.0. The van der Waals surface area contributed by atoms with Gasteiger partial charge in [0.1, 0.15) is 4.60 Å². The number of piperazine rings is 1. The van der Waals surface area contributed by atoms with Crippen LogP contribution in [0.5, 0.6) is 5.75 Å². The first-order valence-electron chi connectivity index (χ1n) is 7.09. The van der Waals surface area contributed by atoms with Crippen LogP contribution in [0.4, 0.5) is 5.69 Å². The lowest BCUT2D eigenvalue weighted by atomic mass is 10.2. The Morgan fingerprint density at radius 3 is 2.48 bits per heavy atom. The molecule has 0 atom stereocenters. The zero-order valence-corrected chi connectivity index (χ0v) is 13.3. The zero-order chi connectivity index (χ0) is 14.7. The molecule has 110 valence electrons. The normalized spacial score (nSPS) is 16.1. The van der Waals surface area contributed by atoms with Crippen LogP contribution in [-0.2, 0) is 6.54 Å². The highest BCUT2D eigenvalue weighted by atomic mass is 79.9. The third-order valence-electron chi connectivity index (χ3n) is 3.85. The average molecular weight is 348 g/mol. The van der Waals surface area contributed by atoms with Crippen molar-refractivity contribution in [1.82, 2.24) is 9.88 Å². The molecule has 1 aromatic heterocycles. The fraction of sp³-hybridized carbons (Fsp3) is 0.312. The van der Waals surface area contributed by atoms with Gasteiger partial charge in [0.25, 0.3) is 0 Å². The molecule has 1 aliphatic heterocycles. The number of benzene rings is 1. The summed E-state index contributed by atoms with van der Waals surface area (Å²) < 4.78 is 0.517. The average Bonchev–Trinajstić information content (AvgIpc) is 2.53. The highest BCUT2D eigenvalue weighted by Gasteiger charge is 2.18. The molecule has 0 spiro atoms. The van der Waals surface area contributed by atoms with Crippen molar-refractivity contribution in [2.45, 2.75) is 6.54 Å². The van der Waals surface area contributed by atoms with Gasteiger partial charge in [-0.25, -0.2) is 4.98 Å². The molecule has 0 unspecified atom stereocenters. The first-order valence-corrected chi connectivity index (χ1v) is 7.88. The predicted molar refractivity (Wildman–Crippen MR) is 87.5 cm³/mol. The number of hydrogen-bond donors (Lipinski definition) is 1. The van der Waals surface area contributed by atoms with E-state index in [-0.39, 0.29) is 5.75 Å². The second-order valence-corrected chi connectivity index (χ2v) is 5.96. The minimum absolute atomic E-state index is 0.253. The molecular formula is C16H18BrN3O. The van der Waals surface area contributed by atoms with E-state index in [0.717, 1.165) is 38.3 Å². The van der Waals surface area contributed by atoms with Crippen molar-refractivity contribution in [3.05, 3.63) is 52.8 Å². The third kappa shape index (κ3) is 3.36. The van der Waals surface area contributed by atoms with Crippen molar-refractivity contribution in [1.29, 1.82) is 0 Å². The van der Waals surface area contributed by atoms with E-state index in [4.69, 9.17) is 0 Å². The van der Waals surface area contributed by atoms with E-state index in [1.807, 2.05) is 12.1 Å². The SMILES string of the molecule is Oc1c(CN2CCN(c3ccccc3)CC2)ccnc1Br. The Labute approximate surface area is 133 Å². The van der Waals surface area contributed by atoms with Gasteiger partial charge in [-0.05, 0) is 34.1 Å². The van der Waals surface area contributed by atoms with Crippen molar-refractivity contribution in [2.75, 3.05) is 31.1 Å². The van der Waals surface area contributed by atoms with Gasteiger partial charge in [0, 0.05) is 50.2 Å². The van der Waals surface area contributed by atoms with Crippen LogP contribution in [0.15, 0.2) is 47.2 Å². The molecule has 1 fully saturated rings. The lowest BCUT2D eigenvalue weighted by Gasteiger charge is -2.36. The van der Waals surface area contributed by atoms with Gasteiger partial charge in [0.2, 0.25) is 0 Å². The van der Waals surface area contributed by atoms with E-state index in [2.05, 4.69) is 55.0 Å². The molecule has 3 rings (SSSR count). The number of hydrogen-bond acceptors (Lipinski definition) is 4. The molecule has 0 radical (unpaired) electrons. The molecule has 21 heavy (non-hydrogen) atoms. The number of pyridine rings is 1. The van der Waals surface area contributed by atoms with Crippen molar-refractivity contribution in [3.8, 4) is 5.75 Å². The van der Waals surface area contributed by atoms with Crippen molar-refractivity contribution in [3.63, 3.8) is 0 Å². The summed E-state index contributed by atoms with van der Waals surface area (Å²) in [7, 11) is 0. The fourth-order valence-electron chi connectivity index (χ4n) is 2.64. The summed E-state index contributed by atoms with van der Waals surface area (Å²) in [6.07, 6.45) is 1.72. The van der Waals surface area contributed by atoms with Gasteiger partial charge in [-0.15, -0.1) is 0 Å². The minimum atomic E-state index is 0.253. The summed E-state index contributed by atoms with van der Waals surface area (Å²) in [5.41, 5.74) is 2.21. The van der Waals surface area contributed by atoms with Gasteiger partial charge in [-0.2, -0.15) is 0 Å². The van der Waals surface area contributed by atoms with Gasteiger partial charge in [0.05, 0.1) is 0 Å². The number of rotatable bonds is 3. The second-order valence-electron chi connectivity index (χ2n) is 5.21. The largest absolute Gasteiger partial charge is 0.505 e. The van der Waals surface area contributed by atoms with E-state index < -0.39 is 0 Å². The van der Waals surface area contributed by atoms with E-state index in [9.17, 15) is 5.11 Å². The molecule has 1 aromatic carbocycles. The monoisotopic (exact) mass is 347 g/mol. The molecule has 0 bridgehead atoms. The molecule has 0 aliphatic carbocycles. The molecule has 2 aromatic rings. The van der Waals surface area contributed by atoms with Crippen LogP contribution >= 0.6 is 15.9 Å². The Morgan fingerprint density at radius 1 is 1.05 bits per heavy atom. The lowest BCUT2D eigenvalue weighted by molar-refractivity contribution is 0.246. The molecule has 5 heteroatoms. The summed E-state index contributed by atoms with van der Waals surface area (Å²) in [4.78, 5) is 8.79. The Hall–Kier alpha value is -1.59. The highest BCUT2D eigenvalue weighted by Crippen LogP contribution is 2.26. The van der Waals surface area contributed by atoms with Crippen LogP contribution in [0, 0.1) is 0 Å². The topological polar surface area (TPSA) is 39.6 Å². The summed E-state index contributed by atoms with van der Waals surface area (Å²) in [6.45, 7) is 4.77.